The van der Waals surface area contributed by atoms with Crippen LogP contribution in [0.1, 0.15) is 0 Å². The van der Waals surface area contributed by atoms with Gasteiger partial charge in [0.1, 0.15) is 0 Å². The summed E-state index contributed by atoms with van der Waals surface area (Å²) in [6.45, 7) is 0. The molecule has 0 aliphatic rings. The Morgan fingerprint density at radius 2 is 0.714 bits per heavy atom. The second-order valence-electron chi connectivity index (χ2n) is 14.3. The number of benzene rings is 8. The summed E-state index contributed by atoms with van der Waals surface area (Å²) in [4.78, 5) is 19.9. The van der Waals surface area contributed by atoms with E-state index in [9.17, 15) is 0 Å². The van der Waals surface area contributed by atoms with Crippen LogP contribution in [-0.2, 0) is 0 Å². The standard InChI is InChI=1S/C52H32N4/c1-2-10-33(11-3-1)41-31-53-52(54-32-41)40-15-9-14-39(29-40)49-27-24-35-21-20-34-23-26-48(55-50(34)51(35)56-49)38-13-8-12-36(28-38)37-22-25-46-44-18-5-4-16-42(44)43-17-6-7-19-45(43)47(46)30-37/h1-32H. The lowest BCUT2D eigenvalue weighted by Gasteiger charge is -2.13. The summed E-state index contributed by atoms with van der Waals surface area (Å²) >= 11 is 0. The molecule has 0 fully saturated rings. The van der Waals surface area contributed by atoms with Crippen molar-refractivity contribution < 1.29 is 0 Å². The van der Waals surface area contributed by atoms with Crippen molar-refractivity contribution in [2.45, 2.75) is 0 Å². The molecular formula is C52H32N4. The van der Waals surface area contributed by atoms with Crippen LogP contribution < -0.4 is 0 Å². The Morgan fingerprint density at radius 3 is 1.32 bits per heavy atom. The molecule has 11 rings (SSSR count). The monoisotopic (exact) mass is 712 g/mol. The normalized spacial score (nSPS) is 11.6. The fourth-order valence-corrected chi connectivity index (χ4v) is 8.11. The molecule has 0 aliphatic carbocycles. The van der Waals surface area contributed by atoms with Gasteiger partial charge in [0.15, 0.2) is 5.82 Å². The predicted molar refractivity (Wildman–Crippen MR) is 232 cm³/mol. The lowest BCUT2D eigenvalue weighted by molar-refractivity contribution is 1.18. The Balaban J connectivity index is 0.963. The van der Waals surface area contributed by atoms with Crippen LogP contribution in [0.5, 0.6) is 0 Å². The number of hydrogen-bond acceptors (Lipinski definition) is 4. The third-order valence-electron chi connectivity index (χ3n) is 10.9. The van der Waals surface area contributed by atoms with Crippen molar-refractivity contribution in [2.75, 3.05) is 0 Å². The highest BCUT2D eigenvalue weighted by molar-refractivity contribution is 6.25. The Labute approximate surface area is 323 Å². The predicted octanol–water partition coefficient (Wildman–Crippen LogP) is 13.4. The van der Waals surface area contributed by atoms with Gasteiger partial charge in [0.2, 0.25) is 0 Å². The van der Waals surface area contributed by atoms with Crippen LogP contribution in [0.25, 0.3) is 110 Å². The highest BCUT2D eigenvalue weighted by atomic mass is 14.9. The minimum atomic E-state index is 0.678. The van der Waals surface area contributed by atoms with E-state index in [1.165, 1.54) is 37.9 Å². The summed E-state index contributed by atoms with van der Waals surface area (Å²) in [7, 11) is 0. The summed E-state index contributed by atoms with van der Waals surface area (Å²) in [6, 6.07) is 64.2. The maximum Gasteiger partial charge on any atom is 0.159 e. The number of aromatic nitrogens is 4. The van der Waals surface area contributed by atoms with E-state index in [2.05, 4.69) is 152 Å². The fraction of sp³-hybridized carbons (Fsp3) is 0. The van der Waals surface area contributed by atoms with E-state index in [0.717, 1.165) is 66.6 Å². The maximum atomic E-state index is 5.28. The highest BCUT2D eigenvalue weighted by Crippen LogP contribution is 2.38. The second kappa shape index (κ2) is 13.1. The number of nitrogens with zero attached hydrogens (tertiary/aromatic N) is 4. The van der Waals surface area contributed by atoms with Crippen LogP contribution in [0.15, 0.2) is 194 Å². The molecule has 0 amide bonds. The van der Waals surface area contributed by atoms with Gasteiger partial charge in [0.05, 0.1) is 22.4 Å². The van der Waals surface area contributed by atoms with E-state index >= 15 is 0 Å². The number of pyridine rings is 2. The van der Waals surface area contributed by atoms with Gasteiger partial charge in [0, 0.05) is 45.4 Å². The lowest BCUT2D eigenvalue weighted by Crippen LogP contribution is -1.93. The first kappa shape index (κ1) is 31.9. The van der Waals surface area contributed by atoms with Crippen molar-refractivity contribution >= 4 is 54.1 Å². The van der Waals surface area contributed by atoms with Gasteiger partial charge in [-0.2, -0.15) is 0 Å². The molecule has 11 aromatic rings. The molecule has 0 spiro atoms. The first-order valence-electron chi connectivity index (χ1n) is 18.9. The molecule has 260 valence electrons. The molecule has 0 bridgehead atoms. The number of rotatable bonds is 5. The minimum absolute atomic E-state index is 0.678. The molecule has 56 heavy (non-hydrogen) atoms. The maximum absolute atomic E-state index is 5.28. The smallest absolute Gasteiger partial charge is 0.159 e. The average Bonchev–Trinajstić information content (AvgIpc) is 3.29. The highest BCUT2D eigenvalue weighted by Gasteiger charge is 2.13. The molecule has 0 radical (unpaired) electrons. The van der Waals surface area contributed by atoms with Gasteiger partial charge in [-0.25, -0.2) is 19.9 Å². The summed E-state index contributed by atoms with van der Waals surface area (Å²) in [5, 5.41) is 9.75. The van der Waals surface area contributed by atoms with Crippen LogP contribution in [0.2, 0.25) is 0 Å². The Hall–Kier alpha value is -7.56. The van der Waals surface area contributed by atoms with Crippen LogP contribution in [0.3, 0.4) is 0 Å². The van der Waals surface area contributed by atoms with Crippen molar-refractivity contribution in [1.29, 1.82) is 0 Å². The molecule has 0 atom stereocenters. The Morgan fingerprint density at radius 1 is 0.268 bits per heavy atom. The van der Waals surface area contributed by atoms with Crippen LogP contribution in [0.4, 0.5) is 0 Å². The van der Waals surface area contributed by atoms with Gasteiger partial charge in [-0.1, -0.05) is 152 Å². The van der Waals surface area contributed by atoms with Crippen LogP contribution in [0, 0.1) is 0 Å². The fourth-order valence-electron chi connectivity index (χ4n) is 8.11. The quantitative estimate of drug-likeness (QED) is 0.167. The second-order valence-corrected chi connectivity index (χ2v) is 14.3. The van der Waals surface area contributed by atoms with E-state index in [0.29, 0.717) is 5.82 Å². The topological polar surface area (TPSA) is 51.6 Å². The van der Waals surface area contributed by atoms with Crippen molar-refractivity contribution in [3.8, 4) is 56.2 Å². The van der Waals surface area contributed by atoms with Crippen LogP contribution in [-0.4, -0.2) is 19.9 Å². The molecule has 4 nitrogen and oxygen atoms in total. The molecule has 3 heterocycles. The van der Waals surface area contributed by atoms with E-state index in [1.54, 1.807) is 0 Å². The zero-order valence-corrected chi connectivity index (χ0v) is 30.3. The van der Waals surface area contributed by atoms with Gasteiger partial charge >= 0.3 is 0 Å². The third-order valence-corrected chi connectivity index (χ3v) is 10.9. The van der Waals surface area contributed by atoms with Gasteiger partial charge in [-0.3, -0.25) is 0 Å². The number of fused-ring (bicyclic) bond motifs is 9. The van der Waals surface area contributed by atoms with Gasteiger partial charge in [-0.15, -0.1) is 0 Å². The minimum Gasteiger partial charge on any atom is -0.245 e. The molecule has 8 aromatic carbocycles. The zero-order valence-electron chi connectivity index (χ0n) is 30.3. The van der Waals surface area contributed by atoms with E-state index in [4.69, 9.17) is 19.9 Å². The summed E-state index contributed by atoms with van der Waals surface area (Å²) < 4.78 is 0. The molecule has 3 aromatic heterocycles. The molecule has 0 aliphatic heterocycles. The van der Waals surface area contributed by atoms with Crippen LogP contribution >= 0.6 is 0 Å². The molecule has 0 saturated carbocycles. The van der Waals surface area contributed by atoms with Crippen molar-refractivity contribution in [3.63, 3.8) is 0 Å². The Bertz CT molecular complexity index is 3260. The Kier molecular flexibility index (Phi) is 7.46. The molecule has 0 saturated heterocycles. The van der Waals surface area contributed by atoms with E-state index in [-0.39, 0.29) is 0 Å². The summed E-state index contributed by atoms with van der Waals surface area (Å²) in [6.07, 6.45) is 3.77. The summed E-state index contributed by atoms with van der Waals surface area (Å²) in [5.41, 5.74) is 11.0. The van der Waals surface area contributed by atoms with Crippen molar-refractivity contribution in [1.82, 2.24) is 19.9 Å². The zero-order chi connectivity index (χ0) is 37.0. The molecule has 4 heteroatoms. The third kappa shape index (κ3) is 5.47. The largest absolute Gasteiger partial charge is 0.245 e. The molecular weight excluding hydrogens is 681 g/mol. The molecule has 0 N–H and O–H groups in total. The average molecular weight is 713 g/mol. The van der Waals surface area contributed by atoms with Gasteiger partial charge in [-0.05, 0) is 79.3 Å². The SMILES string of the molecule is c1ccc(-c2cnc(-c3cccc(-c4ccc5ccc6ccc(-c7cccc(-c8ccc9c%10ccccc%10c%10ccccc%10c9c8)c7)nc6c5n4)c3)nc2)cc1. The van der Waals surface area contributed by atoms with Crippen molar-refractivity contribution in [3.05, 3.63) is 194 Å². The summed E-state index contributed by atoms with van der Waals surface area (Å²) in [5.74, 6) is 0.678. The van der Waals surface area contributed by atoms with Gasteiger partial charge in [0.25, 0.3) is 0 Å². The lowest BCUT2D eigenvalue weighted by atomic mass is 9.91. The molecule has 0 unspecified atom stereocenters. The number of hydrogen-bond donors (Lipinski definition) is 0. The van der Waals surface area contributed by atoms with E-state index in [1.807, 2.05) is 42.7 Å². The van der Waals surface area contributed by atoms with E-state index < -0.39 is 0 Å². The van der Waals surface area contributed by atoms with Gasteiger partial charge < -0.3 is 0 Å². The first-order chi connectivity index (χ1) is 27.7. The van der Waals surface area contributed by atoms with Crippen molar-refractivity contribution in [2.24, 2.45) is 0 Å². The first-order valence-corrected chi connectivity index (χ1v) is 18.9.